The van der Waals surface area contributed by atoms with Crippen LogP contribution in [0.5, 0.6) is 0 Å². The molecule has 2 aliphatic heterocycles. The predicted octanol–water partition coefficient (Wildman–Crippen LogP) is 4.76. The maximum atomic E-state index is 12.6. The molecule has 1 aliphatic carbocycles. The van der Waals surface area contributed by atoms with Gasteiger partial charge in [0.2, 0.25) is 0 Å². The largest absolute Gasteiger partial charge is 0.416 e. The van der Waals surface area contributed by atoms with Gasteiger partial charge >= 0.3 is 12.2 Å². The summed E-state index contributed by atoms with van der Waals surface area (Å²) in [6.07, 6.45) is 5.25. The fourth-order valence-electron chi connectivity index (χ4n) is 5.22. The van der Waals surface area contributed by atoms with Crippen molar-refractivity contribution < 1.29 is 18.0 Å². The summed E-state index contributed by atoms with van der Waals surface area (Å²) in [6.45, 7) is 0. The zero-order valence-corrected chi connectivity index (χ0v) is 15.3. The van der Waals surface area contributed by atoms with Crippen LogP contribution in [-0.4, -0.2) is 35.1 Å². The summed E-state index contributed by atoms with van der Waals surface area (Å²) in [4.78, 5) is 15.0. The van der Waals surface area contributed by atoms with Crippen molar-refractivity contribution in [3.05, 3.63) is 29.8 Å². The molecule has 2 saturated heterocycles. The van der Waals surface area contributed by atoms with Crippen molar-refractivity contribution >= 4 is 11.7 Å². The SMILES string of the molecule is O=C(Nc1ccc(C(F)(F)F)cc1)NC1C[C@@H]2CC[C@@H](C1)N2C1CCCC1. The number of anilines is 1. The molecule has 0 aromatic heterocycles. The maximum Gasteiger partial charge on any atom is 0.416 e. The zero-order chi connectivity index (χ0) is 19.0. The maximum absolute atomic E-state index is 12.6. The highest BCUT2D eigenvalue weighted by Crippen LogP contribution is 2.41. The molecule has 4 nitrogen and oxygen atoms in total. The lowest BCUT2D eigenvalue weighted by atomic mass is 9.95. The van der Waals surface area contributed by atoms with Gasteiger partial charge in [-0.15, -0.1) is 0 Å². The first-order valence-electron chi connectivity index (χ1n) is 9.92. The van der Waals surface area contributed by atoms with E-state index in [4.69, 9.17) is 0 Å². The smallest absolute Gasteiger partial charge is 0.335 e. The molecule has 3 aliphatic rings. The quantitative estimate of drug-likeness (QED) is 0.793. The van der Waals surface area contributed by atoms with Crippen molar-refractivity contribution in [2.75, 3.05) is 5.32 Å². The van der Waals surface area contributed by atoms with Gasteiger partial charge in [-0.2, -0.15) is 13.2 Å². The van der Waals surface area contributed by atoms with Crippen molar-refractivity contribution in [3.63, 3.8) is 0 Å². The number of hydrogen-bond acceptors (Lipinski definition) is 2. The Morgan fingerprint density at radius 3 is 2.07 bits per heavy atom. The molecule has 0 radical (unpaired) electrons. The number of nitrogens with one attached hydrogen (secondary N) is 2. The van der Waals surface area contributed by atoms with Gasteiger partial charge in [0, 0.05) is 29.9 Å². The van der Waals surface area contributed by atoms with E-state index >= 15 is 0 Å². The number of alkyl halides is 3. The van der Waals surface area contributed by atoms with Crippen molar-refractivity contribution in [2.45, 2.75) is 81.7 Å². The molecule has 3 fully saturated rings. The first-order chi connectivity index (χ1) is 12.9. The lowest BCUT2D eigenvalue weighted by Gasteiger charge is -2.42. The van der Waals surface area contributed by atoms with Crippen LogP contribution in [0.15, 0.2) is 24.3 Å². The standard InChI is InChI=1S/C20H26F3N3O/c21-20(22,23)13-5-7-14(8-6-13)24-19(27)25-15-11-17-9-10-18(12-15)26(17)16-3-1-2-4-16/h5-8,15-18H,1-4,9-12H2,(H2,24,25,27)/t17-,18-/m0/s1. The molecule has 148 valence electrons. The first-order valence-corrected chi connectivity index (χ1v) is 9.92. The van der Waals surface area contributed by atoms with Crippen LogP contribution in [0.25, 0.3) is 0 Å². The minimum Gasteiger partial charge on any atom is -0.335 e. The Labute approximate surface area is 157 Å². The molecular formula is C20H26F3N3O. The Balaban J connectivity index is 1.30. The number of halogens is 3. The average molecular weight is 381 g/mol. The third-order valence-electron chi connectivity index (χ3n) is 6.34. The summed E-state index contributed by atoms with van der Waals surface area (Å²) in [5, 5.41) is 5.68. The molecule has 1 aromatic carbocycles. The van der Waals surface area contributed by atoms with Crippen LogP contribution in [-0.2, 0) is 6.18 Å². The number of rotatable bonds is 3. The molecule has 2 atom stereocenters. The van der Waals surface area contributed by atoms with Crippen LogP contribution in [0.3, 0.4) is 0 Å². The number of amides is 2. The van der Waals surface area contributed by atoms with Gasteiger partial charge in [-0.25, -0.2) is 4.79 Å². The van der Waals surface area contributed by atoms with Gasteiger partial charge in [0.15, 0.2) is 0 Å². The summed E-state index contributed by atoms with van der Waals surface area (Å²) in [6, 6.07) is 6.18. The van der Waals surface area contributed by atoms with Gasteiger partial charge in [-0.3, -0.25) is 4.90 Å². The number of fused-ring (bicyclic) bond motifs is 2. The second kappa shape index (κ2) is 7.34. The predicted molar refractivity (Wildman–Crippen MR) is 97.5 cm³/mol. The molecule has 2 N–H and O–H groups in total. The van der Waals surface area contributed by atoms with Crippen LogP contribution in [0.4, 0.5) is 23.7 Å². The van der Waals surface area contributed by atoms with E-state index in [9.17, 15) is 18.0 Å². The minimum absolute atomic E-state index is 0.134. The highest BCUT2D eigenvalue weighted by Gasteiger charge is 2.44. The van der Waals surface area contributed by atoms with Crippen molar-refractivity contribution in [2.24, 2.45) is 0 Å². The van der Waals surface area contributed by atoms with E-state index in [2.05, 4.69) is 15.5 Å². The van der Waals surface area contributed by atoms with Gasteiger partial charge in [-0.05, 0) is 62.8 Å². The Bertz CT molecular complexity index is 656. The van der Waals surface area contributed by atoms with E-state index in [1.807, 2.05) is 0 Å². The number of carbonyl (C=O) groups excluding carboxylic acids is 1. The molecule has 2 bridgehead atoms. The Morgan fingerprint density at radius 1 is 0.926 bits per heavy atom. The molecule has 2 amide bonds. The van der Waals surface area contributed by atoms with Gasteiger partial charge in [0.05, 0.1) is 5.56 Å². The highest BCUT2D eigenvalue weighted by molar-refractivity contribution is 5.89. The minimum atomic E-state index is -4.37. The first kappa shape index (κ1) is 18.6. The van der Waals surface area contributed by atoms with Gasteiger partial charge < -0.3 is 10.6 Å². The average Bonchev–Trinajstić information content (AvgIpc) is 3.20. The van der Waals surface area contributed by atoms with Crippen molar-refractivity contribution in [1.29, 1.82) is 0 Å². The summed E-state index contributed by atoms with van der Waals surface area (Å²) >= 11 is 0. The van der Waals surface area contributed by atoms with Crippen molar-refractivity contribution in [1.82, 2.24) is 10.2 Å². The van der Waals surface area contributed by atoms with Crippen LogP contribution >= 0.6 is 0 Å². The molecule has 27 heavy (non-hydrogen) atoms. The number of piperidine rings is 1. The van der Waals surface area contributed by atoms with E-state index in [-0.39, 0.29) is 12.1 Å². The Kier molecular flexibility index (Phi) is 5.05. The van der Waals surface area contributed by atoms with Gasteiger partial charge in [-0.1, -0.05) is 12.8 Å². The molecule has 0 unspecified atom stereocenters. The molecule has 1 saturated carbocycles. The number of hydrogen-bond donors (Lipinski definition) is 2. The summed E-state index contributed by atoms with van der Waals surface area (Å²) < 4.78 is 37.8. The van der Waals surface area contributed by atoms with Crippen LogP contribution in [0, 0.1) is 0 Å². The Hall–Kier alpha value is -1.76. The number of urea groups is 1. The van der Waals surface area contributed by atoms with E-state index in [0.717, 1.165) is 31.0 Å². The summed E-state index contributed by atoms with van der Waals surface area (Å²) in [7, 11) is 0. The second-order valence-electron chi connectivity index (χ2n) is 8.11. The van der Waals surface area contributed by atoms with E-state index in [0.29, 0.717) is 17.8 Å². The fourth-order valence-corrected chi connectivity index (χ4v) is 5.22. The topological polar surface area (TPSA) is 44.4 Å². The molecule has 2 heterocycles. The molecule has 7 heteroatoms. The third-order valence-corrected chi connectivity index (χ3v) is 6.34. The molecular weight excluding hydrogens is 355 g/mol. The summed E-state index contributed by atoms with van der Waals surface area (Å²) in [5.74, 6) is 0. The fraction of sp³-hybridized carbons (Fsp3) is 0.650. The van der Waals surface area contributed by atoms with E-state index in [1.54, 1.807) is 0 Å². The number of nitrogens with zero attached hydrogens (tertiary/aromatic N) is 1. The zero-order valence-electron chi connectivity index (χ0n) is 15.3. The number of carbonyl (C=O) groups is 1. The Morgan fingerprint density at radius 2 is 1.52 bits per heavy atom. The molecule has 1 aromatic rings. The lowest BCUT2D eigenvalue weighted by molar-refractivity contribution is -0.137. The summed E-state index contributed by atoms with van der Waals surface area (Å²) in [5.41, 5.74) is -0.351. The van der Waals surface area contributed by atoms with Crippen molar-refractivity contribution in [3.8, 4) is 0 Å². The lowest BCUT2D eigenvalue weighted by Crippen LogP contribution is -2.53. The van der Waals surface area contributed by atoms with E-state index in [1.165, 1.54) is 50.7 Å². The van der Waals surface area contributed by atoms with Crippen LogP contribution < -0.4 is 10.6 Å². The van der Waals surface area contributed by atoms with Gasteiger partial charge in [0.1, 0.15) is 0 Å². The molecule has 0 spiro atoms. The normalized spacial score (nSPS) is 29.1. The van der Waals surface area contributed by atoms with E-state index < -0.39 is 11.7 Å². The highest BCUT2D eigenvalue weighted by atomic mass is 19.4. The molecule has 4 rings (SSSR count). The monoisotopic (exact) mass is 381 g/mol. The van der Waals surface area contributed by atoms with Crippen LogP contribution in [0.2, 0.25) is 0 Å². The van der Waals surface area contributed by atoms with Crippen LogP contribution in [0.1, 0.15) is 56.9 Å². The van der Waals surface area contributed by atoms with Gasteiger partial charge in [0.25, 0.3) is 0 Å². The number of benzene rings is 1. The third kappa shape index (κ3) is 4.08. The second-order valence-corrected chi connectivity index (χ2v) is 8.11.